The summed E-state index contributed by atoms with van der Waals surface area (Å²) in [5.41, 5.74) is 4.66. The van der Waals surface area contributed by atoms with Gasteiger partial charge in [-0.3, -0.25) is 10.1 Å². The minimum absolute atomic E-state index is 0.0556. The minimum atomic E-state index is -1.04. The number of hydrogen-bond acceptors (Lipinski definition) is 7. The number of thiazole rings is 1. The number of amides is 2. The molecule has 180 valence electrons. The molecule has 5 rings (SSSR count). The van der Waals surface area contributed by atoms with Crippen molar-refractivity contribution in [2.45, 2.75) is 18.4 Å². The number of fused-ring (bicyclic) bond motifs is 3. The maximum atomic E-state index is 12.4. The summed E-state index contributed by atoms with van der Waals surface area (Å²) in [6.45, 7) is 0.692. The lowest BCUT2D eigenvalue weighted by atomic mass is 9.98. The molecule has 35 heavy (non-hydrogen) atoms. The molecule has 1 aliphatic heterocycles. The number of ether oxygens (including phenoxy) is 2. The van der Waals surface area contributed by atoms with Gasteiger partial charge in [-0.05, 0) is 28.7 Å². The maximum absolute atomic E-state index is 12.4. The Balaban J connectivity index is 1.15. The van der Waals surface area contributed by atoms with Crippen molar-refractivity contribution >= 4 is 34.4 Å². The number of hydrogen-bond donors (Lipinski definition) is 3. The highest BCUT2D eigenvalue weighted by atomic mass is 32.1. The zero-order valence-electron chi connectivity index (χ0n) is 18.6. The summed E-state index contributed by atoms with van der Waals surface area (Å²) in [7, 11) is 0. The Kier molecular flexibility index (Phi) is 6.47. The normalized spacial score (nSPS) is 18.5. The molecule has 0 saturated carbocycles. The van der Waals surface area contributed by atoms with Gasteiger partial charge in [-0.2, -0.15) is 0 Å². The fourth-order valence-electron chi connectivity index (χ4n) is 4.59. The van der Waals surface area contributed by atoms with Crippen LogP contribution in [0.3, 0.4) is 0 Å². The van der Waals surface area contributed by atoms with Crippen LogP contribution in [0.4, 0.5) is 9.93 Å². The number of carboxylic acid groups (broad SMARTS) is 1. The van der Waals surface area contributed by atoms with Crippen molar-refractivity contribution in [3.05, 3.63) is 70.7 Å². The average Bonchev–Trinajstić information content (AvgIpc) is 3.59. The summed E-state index contributed by atoms with van der Waals surface area (Å²) in [5.74, 6) is -1.84. The monoisotopic (exact) mass is 493 g/mol. The van der Waals surface area contributed by atoms with Gasteiger partial charge < -0.3 is 19.9 Å². The largest absolute Gasteiger partial charge is 0.479 e. The molecule has 0 unspecified atom stereocenters. The van der Waals surface area contributed by atoms with E-state index in [0.717, 1.165) is 33.6 Å². The van der Waals surface area contributed by atoms with Gasteiger partial charge in [0, 0.05) is 30.4 Å². The van der Waals surface area contributed by atoms with E-state index in [0.29, 0.717) is 13.0 Å². The number of benzene rings is 2. The number of aliphatic carboxylic acids is 1. The fourth-order valence-corrected chi connectivity index (χ4v) is 5.26. The maximum Gasteiger partial charge on any atom is 0.413 e. The molecule has 10 heteroatoms. The fraction of sp³-hybridized carbons (Fsp3) is 0.280. The van der Waals surface area contributed by atoms with Crippen LogP contribution < -0.4 is 10.6 Å². The van der Waals surface area contributed by atoms with Crippen molar-refractivity contribution in [1.82, 2.24) is 10.3 Å². The van der Waals surface area contributed by atoms with E-state index in [4.69, 9.17) is 14.6 Å². The average molecular weight is 494 g/mol. The van der Waals surface area contributed by atoms with E-state index in [2.05, 4.69) is 27.8 Å². The predicted octanol–water partition coefficient (Wildman–Crippen LogP) is 3.72. The van der Waals surface area contributed by atoms with Crippen LogP contribution in [0.1, 0.15) is 34.0 Å². The first kappa shape index (κ1) is 23.0. The molecule has 2 heterocycles. The second-order valence-electron chi connectivity index (χ2n) is 8.38. The predicted molar refractivity (Wildman–Crippen MR) is 129 cm³/mol. The van der Waals surface area contributed by atoms with Crippen LogP contribution in [0, 0.1) is 5.92 Å². The van der Waals surface area contributed by atoms with Gasteiger partial charge >= 0.3 is 12.1 Å². The number of rotatable bonds is 7. The summed E-state index contributed by atoms with van der Waals surface area (Å²) < 4.78 is 10.7. The van der Waals surface area contributed by atoms with Crippen molar-refractivity contribution in [3.63, 3.8) is 0 Å². The molecule has 3 aromatic rings. The van der Waals surface area contributed by atoms with Gasteiger partial charge in [0.2, 0.25) is 0 Å². The first-order chi connectivity index (χ1) is 17.0. The number of carboxylic acids is 1. The van der Waals surface area contributed by atoms with Crippen molar-refractivity contribution in [2.24, 2.45) is 5.92 Å². The summed E-state index contributed by atoms with van der Waals surface area (Å²) in [5, 5.41) is 16.2. The highest BCUT2D eigenvalue weighted by Crippen LogP contribution is 2.44. The Morgan fingerprint density at radius 1 is 1.09 bits per heavy atom. The van der Waals surface area contributed by atoms with Gasteiger partial charge in [0.1, 0.15) is 12.3 Å². The van der Waals surface area contributed by atoms with Gasteiger partial charge in [0.25, 0.3) is 5.91 Å². The molecule has 1 aliphatic carbocycles. The molecule has 2 amide bonds. The first-order valence-electron chi connectivity index (χ1n) is 11.2. The number of anilines is 1. The van der Waals surface area contributed by atoms with Crippen LogP contribution in [0.5, 0.6) is 0 Å². The van der Waals surface area contributed by atoms with E-state index < -0.39 is 24.1 Å². The molecule has 1 aromatic heterocycles. The van der Waals surface area contributed by atoms with Gasteiger partial charge in [0.05, 0.1) is 0 Å². The SMILES string of the molecule is O=C(Nc1nc(C(=O)NC[C@@H]2CCO[C@@H]2C(=O)O)cs1)OCC1c2ccccc2-c2ccccc21. The van der Waals surface area contributed by atoms with Crippen molar-refractivity contribution in [3.8, 4) is 11.1 Å². The lowest BCUT2D eigenvalue weighted by molar-refractivity contribution is -0.149. The summed E-state index contributed by atoms with van der Waals surface area (Å²) in [6.07, 6.45) is -1.01. The van der Waals surface area contributed by atoms with Gasteiger partial charge in [-0.15, -0.1) is 11.3 Å². The second kappa shape index (κ2) is 9.85. The molecule has 1 fully saturated rings. The standard InChI is InChI=1S/C25H23N3O6S/c29-22(26-11-14-9-10-33-21(14)23(30)31)20-13-35-24(27-20)28-25(32)34-12-19-17-7-3-1-5-15(17)16-6-2-4-8-18(16)19/h1-8,13-14,19,21H,9-12H2,(H,26,29)(H,30,31)(H,27,28,32)/t14-,21-/m0/s1. The summed E-state index contributed by atoms with van der Waals surface area (Å²) in [4.78, 5) is 40.2. The van der Waals surface area contributed by atoms with E-state index in [9.17, 15) is 14.4 Å². The highest BCUT2D eigenvalue weighted by molar-refractivity contribution is 7.14. The number of nitrogens with zero attached hydrogens (tertiary/aromatic N) is 1. The third-order valence-corrected chi connectivity index (χ3v) is 7.03. The molecule has 3 N–H and O–H groups in total. The lowest BCUT2D eigenvalue weighted by Crippen LogP contribution is -2.36. The van der Waals surface area contributed by atoms with Gasteiger partial charge in [0.15, 0.2) is 11.2 Å². The van der Waals surface area contributed by atoms with Crippen LogP contribution in [-0.2, 0) is 14.3 Å². The molecule has 0 spiro atoms. The molecular formula is C25H23N3O6S. The number of carbonyl (C=O) groups excluding carboxylic acids is 2. The van der Waals surface area contributed by atoms with Crippen LogP contribution in [0.2, 0.25) is 0 Å². The first-order valence-corrected chi connectivity index (χ1v) is 12.1. The van der Waals surface area contributed by atoms with Crippen LogP contribution in [-0.4, -0.2) is 53.9 Å². The zero-order valence-corrected chi connectivity index (χ0v) is 19.4. The number of carbonyl (C=O) groups is 3. The molecule has 2 aromatic carbocycles. The molecule has 2 atom stereocenters. The molecule has 2 aliphatic rings. The minimum Gasteiger partial charge on any atom is -0.479 e. The Morgan fingerprint density at radius 2 is 1.77 bits per heavy atom. The lowest BCUT2D eigenvalue weighted by Gasteiger charge is -2.14. The van der Waals surface area contributed by atoms with Gasteiger partial charge in [-0.1, -0.05) is 48.5 Å². The Labute approximate surface area is 205 Å². The molecule has 1 saturated heterocycles. The third kappa shape index (κ3) is 4.75. The van der Waals surface area contributed by atoms with E-state index in [1.54, 1.807) is 0 Å². The molecular weight excluding hydrogens is 470 g/mol. The topological polar surface area (TPSA) is 127 Å². The highest BCUT2D eigenvalue weighted by Gasteiger charge is 2.34. The smallest absolute Gasteiger partial charge is 0.413 e. The van der Waals surface area contributed by atoms with Crippen LogP contribution in [0.25, 0.3) is 11.1 Å². The number of aromatic nitrogens is 1. The third-order valence-electron chi connectivity index (χ3n) is 6.27. The van der Waals surface area contributed by atoms with Crippen molar-refractivity contribution in [2.75, 3.05) is 25.1 Å². The molecule has 0 radical (unpaired) electrons. The number of nitrogens with one attached hydrogen (secondary N) is 2. The summed E-state index contributed by atoms with van der Waals surface area (Å²) >= 11 is 1.10. The second-order valence-corrected chi connectivity index (χ2v) is 9.23. The van der Waals surface area contributed by atoms with Crippen LogP contribution in [0.15, 0.2) is 53.9 Å². The van der Waals surface area contributed by atoms with Crippen molar-refractivity contribution < 1.29 is 29.0 Å². The van der Waals surface area contributed by atoms with Gasteiger partial charge in [-0.25, -0.2) is 14.6 Å². The Bertz CT molecular complexity index is 1230. The summed E-state index contributed by atoms with van der Waals surface area (Å²) in [6, 6.07) is 16.2. The van der Waals surface area contributed by atoms with E-state index in [1.165, 1.54) is 5.38 Å². The quantitative estimate of drug-likeness (QED) is 0.458. The van der Waals surface area contributed by atoms with Crippen molar-refractivity contribution in [1.29, 1.82) is 0 Å². The Morgan fingerprint density at radius 3 is 2.46 bits per heavy atom. The molecule has 9 nitrogen and oxygen atoms in total. The van der Waals surface area contributed by atoms with E-state index in [-0.39, 0.29) is 35.8 Å². The van der Waals surface area contributed by atoms with Crippen LogP contribution >= 0.6 is 11.3 Å². The van der Waals surface area contributed by atoms with E-state index in [1.807, 2.05) is 36.4 Å². The molecule has 0 bridgehead atoms. The Hall–Kier alpha value is -3.76. The zero-order chi connectivity index (χ0) is 24.4. The van der Waals surface area contributed by atoms with E-state index >= 15 is 0 Å².